The minimum Gasteiger partial charge on any atom is -0.311 e. The quantitative estimate of drug-likeness (QED) is 0.850. The molecule has 1 aromatic rings. The molecule has 3 atom stereocenters. The van der Waals surface area contributed by atoms with Crippen molar-refractivity contribution < 1.29 is 0 Å². The summed E-state index contributed by atoms with van der Waals surface area (Å²) in [6.45, 7) is 9.35. The van der Waals surface area contributed by atoms with Gasteiger partial charge in [0.05, 0.1) is 0 Å². The van der Waals surface area contributed by atoms with Crippen molar-refractivity contribution in [2.75, 3.05) is 0 Å². The van der Waals surface area contributed by atoms with Gasteiger partial charge in [-0.15, -0.1) is 11.3 Å². The molecule has 0 saturated heterocycles. The molecule has 2 heteroatoms. The van der Waals surface area contributed by atoms with E-state index in [4.69, 9.17) is 0 Å². The van der Waals surface area contributed by atoms with E-state index < -0.39 is 0 Å². The van der Waals surface area contributed by atoms with Gasteiger partial charge in [0.25, 0.3) is 0 Å². The molecule has 1 aliphatic carbocycles. The first kappa shape index (κ1) is 14.1. The topological polar surface area (TPSA) is 12.0 Å². The maximum atomic E-state index is 3.88. The summed E-state index contributed by atoms with van der Waals surface area (Å²) in [6, 6.07) is 5.83. The minimum absolute atomic E-state index is 0.594. The smallest absolute Gasteiger partial charge is 0.0121 e. The Morgan fingerprint density at radius 2 is 1.94 bits per heavy atom. The van der Waals surface area contributed by atoms with E-state index in [9.17, 15) is 0 Å². The molecule has 1 saturated carbocycles. The second-order valence-corrected chi connectivity index (χ2v) is 7.57. The molecule has 3 unspecified atom stereocenters. The highest BCUT2D eigenvalue weighted by Crippen LogP contribution is 2.29. The van der Waals surface area contributed by atoms with E-state index in [1.807, 2.05) is 11.3 Å². The average Bonchev–Trinajstić information content (AvgIpc) is 2.69. The molecule has 18 heavy (non-hydrogen) atoms. The summed E-state index contributed by atoms with van der Waals surface area (Å²) < 4.78 is 0. The fraction of sp³-hybridized carbons (Fsp3) is 0.750. The van der Waals surface area contributed by atoms with E-state index >= 15 is 0 Å². The van der Waals surface area contributed by atoms with Gasteiger partial charge in [0.1, 0.15) is 0 Å². The van der Waals surface area contributed by atoms with Crippen molar-refractivity contribution in [1.29, 1.82) is 0 Å². The zero-order valence-corrected chi connectivity index (χ0v) is 13.0. The first-order chi connectivity index (χ1) is 8.56. The number of hydrogen-bond donors (Lipinski definition) is 1. The number of hydrogen-bond acceptors (Lipinski definition) is 2. The third-order valence-corrected chi connectivity index (χ3v) is 5.35. The lowest BCUT2D eigenvalue weighted by Crippen LogP contribution is -2.47. The molecule has 1 fully saturated rings. The molecule has 102 valence electrons. The molecule has 0 aliphatic heterocycles. The summed E-state index contributed by atoms with van der Waals surface area (Å²) in [7, 11) is 0. The number of aryl methyl sites for hydroxylation is 1. The molecule has 0 bridgehead atoms. The van der Waals surface area contributed by atoms with Gasteiger partial charge in [0.2, 0.25) is 0 Å². The van der Waals surface area contributed by atoms with Crippen molar-refractivity contribution in [3.8, 4) is 0 Å². The largest absolute Gasteiger partial charge is 0.311 e. The lowest BCUT2D eigenvalue weighted by molar-refractivity contribution is 0.195. The van der Waals surface area contributed by atoms with E-state index in [-0.39, 0.29) is 0 Å². The van der Waals surface area contributed by atoms with Crippen molar-refractivity contribution in [2.45, 2.75) is 65.5 Å². The summed E-state index contributed by atoms with van der Waals surface area (Å²) in [6.07, 6.45) is 5.38. The molecule has 0 aromatic carbocycles. The predicted octanol–water partition coefficient (Wildman–Crippen LogP) is 4.40. The molecule has 0 spiro atoms. The second kappa shape index (κ2) is 6.21. The Bertz CT molecular complexity index is 361. The van der Waals surface area contributed by atoms with Crippen molar-refractivity contribution >= 4 is 11.3 Å². The van der Waals surface area contributed by atoms with Crippen LogP contribution < -0.4 is 5.32 Å². The molecule has 1 aliphatic rings. The second-order valence-electron chi connectivity index (χ2n) is 6.20. The van der Waals surface area contributed by atoms with Gasteiger partial charge < -0.3 is 5.32 Å². The maximum Gasteiger partial charge on any atom is 0.0121 e. The highest BCUT2D eigenvalue weighted by Gasteiger charge is 2.28. The highest BCUT2D eigenvalue weighted by molar-refractivity contribution is 7.11. The van der Waals surface area contributed by atoms with Crippen LogP contribution in [0.5, 0.6) is 0 Å². The summed E-state index contributed by atoms with van der Waals surface area (Å²) >= 11 is 1.94. The molecule has 0 amide bonds. The Morgan fingerprint density at radius 3 is 2.50 bits per heavy atom. The Morgan fingerprint density at radius 1 is 1.28 bits per heavy atom. The standard InChI is InChI=1S/C16H27NS/c1-11-6-5-7-12(2)16(11)17-13(3)10-15-9-8-14(4)18-15/h8-9,11-13,16-17H,5-7,10H2,1-4H3. The third-order valence-electron chi connectivity index (χ3n) is 4.33. The van der Waals surface area contributed by atoms with Gasteiger partial charge in [0, 0.05) is 21.8 Å². The van der Waals surface area contributed by atoms with Crippen molar-refractivity contribution in [2.24, 2.45) is 11.8 Å². The van der Waals surface area contributed by atoms with E-state index in [0.717, 1.165) is 17.9 Å². The van der Waals surface area contributed by atoms with Crippen LogP contribution in [0.3, 0.4) is 0 Å². The van der Waals surface area contributed by atoms with E-state index in [1.165, 1.54) is 35.4 Å². The summed E-state index contributed by atoms with van der Waals surface area (Å²) in [5.41, 5.74) is 0. The van der Waals surface area contributed by atoms with Crippen LogP contribution in [0.4, 0.5) is 0 Å². The van der Waals surface area contributed by atoms with Crippen molar-refractivity contribution in [3.05, 3.63) is 21.9 Å². The zero-order valence-electron chi connectivity index (χ0n) is 12.2. The predicted molar refractivity (Wildman–Crippen MR) is 81.3 cm³/mol. The number of thiophene rings is 1. The van der Waals surface area contributed by atoms with Gasteiger partial charge in [-0.1, -0.05) is 20.3 Å². The van der Waals surface area contributed by atoms with Crippen LogP contribution in [-0.4, -0.2) is 12.1 Å². The van der Waals surface area contributed by atoms with Crippen LogP contribution in [0, 0.1) is 18.8 Å². The average molecular weight is 265 g/mol. The highest BCUT2D eigenvalue weighted by atomic mass is 32.1. The lowest BCUT2D eigenvalue weighted by atomic mass is 9.78. The van der Waals surface area contributed by atoms with Crippen LogP contribution in [0.25, 0.3) is 0 Å². The molecule has 0 radical (unpaired) electrons. The van der Waals surface area contributed by atoms with Crippen molar-refractivity contribution in [3.63, 3.8) is 0 Å². The third kappa shape index (κ3) is 3.58. The van der Waals surface area contributed by atoms with Gasteiger partial charge in [0.15, 0.2) is 0 Å². The van der Waals surface area contributed by atoms with Crippen LogP contribution in [-0.2, 0) is 6.42 Å². The van der Waals surface area contributed by atoms with Gasteiger partial charge in [-0.3, -0.25) is 0 Å². The van der Waals surface area contributed by atoms with Gasteiger partial charge >= 0.3 is 0 Å². The maximum absolute atomic E-state index is 3.88. The Labute approximate surface area is 116 Å². The lowest BCUT2D eigenvalue weighted by Gasteiger charge is -2.37. The van der Waals surface area contributed by atoms with E-state index in [2.05, 4.69) is 45.1 Å². The van der Waals surface area contributed by atoms with E-state index in [0.29, 0.717) is 6.04 Å². The van der Waals surface area contributed by atoms with Crippen LogP contribution in [0.2, 0.25) is 0 Å². The fourth-order valence-corrected chi connectivity index (χ4v) is 4.31. The zero-order chi connectivity index (χ0) is 13.1. The number of rotatable bonds is 4. The SMILES string of the molecule is Cc1ccc(CC(C)NC2C(C)CCCC2C)s1. The molecular weight excluding hydrogens is 238 g/mol. The van der Waals surface area contributed by atoms with Gasteiger partial charge in [-0.05, 0) is 57.1 Å². The molecule has 1 nitrogen and oxygen atoms in total. The van der Waals surface area contributed by atoms with Crippen LogP contribution >= 0.6 is 11.3 Å². The van der Waals surface area contributed by atoms with Crippen LogP contribution in [0.15, 0.2) is 12.1 Å². The first-order valence-electron chi connectivity index (χ1n) is 7.37. The number of nitrogens with one attached hydrogen (secondary N) is 1. The molecule has 2 rings (SSSR count). The Balaban J connectivity index is 1.88. The molecule has 1 heterocycles. The summed E-state index contributed by atoms with van der Waals surface area (Å²) in [5, 5.41) is 3.88. The summed E-state index contributed by atoms with van der Waals surface area (Å²) in [4.78, 5) is 2.94. The summed E-state index contributed by atoms with van der Waals surface area (Å²) in [5.74, 6) is 1.67. The van der Waals surface area contributed by atoms with Gasteiger partial charge in [-0.2, -0.15) is 0 Å². The first-order valence-corrected chi connectivity index (χ1v) is 8.19. The molecular formula is C16H27NS. The van der Waals surface area contributed by atoms with E-state index in [1.54, 1.807) is 0 Å². The minimum atomic E-state index is 0.594. The Kier molecular flexibility index (Phi) is 4.85. The van der Waals surface area contributed by atoms with Gasteiger partial charge in [-0.25, -0.2) is 0 Å². The van der Waals surface area contributed by atoms with Crippen LogP contribution in [0.1, 0.15) is 49.8 Å². The monoisotopic (exact) mass is 265 g/mol. The van der Waals surface area contributed by atoms with Crippen molar-refractivity contribution in [1.82, 2.24) is 5.32 Å². The molecule has 1 aromatic heterocycles. The fourth-order valence-electron chi connectivity index (χ4n) is 3.29. The molecule has 1 N–H and O–H groups in total. The normalized spacial score (nSPS) is 30.3. The Hall–Kier alpha value is -0.340.